The maximum absolute atomic E-state index is 3.43. The highest BCUT2D eigenvalue weighted by molar-refractivity contribution is 5.63. The summed E-state index contributed by atoms with van der Waals surface area (Å²) in [6, 6.07) is 19.5. The molecule has 1 aliphatic carbocycles. The van der Waals surface area contributed by atoms with E-state index < -0.39 is 0 Å². The monoisotopic (exact) mass is 223 g/mol. The van der Waals surface area contributed by atoms with Crippen molar-refractivity contribution < 1.29 is 0 Å². The first-order valence-corrected chi connectivity index (χ1v) is 6.19. The van der Waals surface area contributed by atoms with Crippen LogP contribution in [0.1, 0.15) is 18.4 Å². The van der Waals surface area contributed by atoms with Crippen LogP contribution in [-0.2, 0) is 5.54 Å². The van der Waals surface area contributed by atoms with Crippen LogP contribution in [0, 0.1) is 0 Å². The Kier molecular flexibility index (Phi) is 2.49. The number of nitrogens with one attached hydrogen (secondary N) is 1. The molecule has 1 N–H and O–H groups in total. The van der Waals surface area contributed by atoms with E-state index >= 15 is 0 Å². The summed E-state index contributed by atoms with van der Waals surface area (Å²) in [7, 11) is 2.05. The van der Waals surface area contributed by atoms with Gasteiger partial charge in [0.05, 0.1) is 0 Å². The van der Waals surface area contributed by atoms with Crippen LogP contribution in [0.5, 0.6) is 0 Å². The second-order valence-corrected chi connectivity index (χ2v) is 4.78. The lowest BCUT2D eigenvalue weighted by Gasteiger charge is -2.15. The zero-order chi connectivity index (χ0) is 11.7. The Labute approximate surface area is 102 Å². The third-order valence-electron chi connectivity index (χ3n) is 3.77. The Morgan fingerprint density at radius 1 is 0.824 bits per heavy atom. The number of hydrogen-bond acceptors (Lipinski definition) is 1. The molecule has 1 aliphatic rings. The van der Waals surface area contributed by atoms with Crippen LogP contribution in [0.4, 0.5) is 0 Å². The molecule has 0 spiro atoms. The maximum atomic E-state index is 3.43. The lowest BCUT2D eigenvalue weighted by molar-refractivity contribution is 0.586. The highest BCUT2D eigenvalue weighted by Crippen LogP contribution is 2.45. The molecule has 17 heavy (non-hydrogen) atoms. The molecular formula is C16H17N. The molecule has 0 unspecified atom stereocenters. The van der Waals surface area contributed by atoms with Crippen molar-refractivity contribution in [3.05, 3.63) is 60.2 Å². The van der Waals surface area contributed by atoms with Gasteiger partial charge < -0.3 is 5.32 Å². The van der Waals surface area contributed by atoms with E-state index in [-0.39, 0.29) is 5.54 Å². The molecule has 1 nitrogen and oxygen atoms in total. The van der Waals surface area contributed by atoms with Crippen LogP contribution in [0.15, 0.2) is 54.6 Å². The Hall–Kier alpha value is -1.60. The summed E-state index contributed by atoms with van der Waals surface area (Å²) in [6.45, 7) is 0. The van der Waals surface area contributed by atoms with Gasteiger partial charge in [-0.15, -0.1) is 0 Å². The van der Waals surface area contributed by atoms with Gasteiger partial charge in [-0.2, -0.15) is 0 Å². The minimum absolute atomic E-state index is 0.273. The van der Waals surface area contributed by atoms with E-state index in [9.17, 15) is 0 Å². The molecule has 3 rings (SSSR count). The topological polar surface area (TPSA) is 12.0 Å². The first kappa shape index (κ1) is 10.5. The van der Waals surface area contributed by atoms with E-state index in [1.54, 1.807) is 0 Å². The van der Waals surface area contributed by atoms with Gasteiger partial charge in [-0.25, -0.2) is 0 Å². The van der Waals surface area contributed by atoms with Gasteiger partial charge in [0.2, 0.25) is 0 Å². The fourth-order valence-corrected chi connectivity index (χ4v) is 2.42. The normalized spacial score (nSPS) is 16.8. The van der Waals surface area contributed by atoms with Crippen LogP contribution in [-0.4, -0.2) is 7.05 Å². The standard InChI is InChI=1S/C16H17N/c1-17-16(11-12-16)15-9-7-14(8-10-15)13-5-3-2-4-6-13/h2-10,17H,11-12H2,1H3. The summed E-state index contributed by atoms with van der Waals surface area (Å²) in [4.78, 5) is 0. The Balaban J connectivity index is 1.91. The molecule has 0 atom stereocenters. The van der Waals surface area contributed by atoms with Crippen LogP contribution >= 0.6 is 0 Å². The zero-order valence-electron chi connectivity index (χ0n) is 10.1. The summed E-state index contributed by atoms with van der Waals surface area (Å²) in [6.07, 6.45) is 2.52. The van der Waals surface area contributed by atoms with E-state index in [4.69, 9.17) is 0 Å². The first-order chi connectivity index (χ1) is 8.34. The molecule has 2 aromatic rings. The second kappa shape index (κ2) is 4.01. The third-order valence-corrected chi connectivity index (χ3v) is 3.77. The maximum Gasteiger partial charge on any atom is 0.0433 e. The third kappa shape index (κ3) is 1.87. The lowest BCUT2D eigenvalue weighted by Crippen LogP contribution is -2.24. The molecule has 0 saturated heterocycles. The van der Waals surface area contributed by atoms with Crippen LogP contribution in [0.25, 0.3) is 11.1 Å². The van der Waals surface area contributed by atoms with Crippen molar-refractivity contribution in [3.63, 3.8) is 0 Å². The summed E-state index contributed by atoms with van der Waals surface area (Å²) in [5.41, 5.74) is 4.27. The molecule has 0 heterocycles. The average molecular weight is 223 g/mol. The average Bonchev–Trinajstić information content (AvgIpc) is 3.21. The quantitative estimate of drug-likeness (QED) is 0.839. The molecule has 2 aromatic carbocycles. The van der Waals surface area contributed by atoms with Crippen molar-refractivity contribution in [3.8, 4) is 11.1 Å². The molecule has 0 aromatic heterocycles. The highest BCUT2D eigenvalue weighted by atomic mass is 15.0. The highest BCUT2D eigenvalue weighted by Gasteiger charge is 2.42. The van der Waals surface area contributed by atoms with Gasteiger partial charge in [-0.3, -0.25) is 0 Å². The van der Waals surface area contributed by atoms with E-state index in [1.165, 1.54) is 29.5 Å². The van der Waals surface area contributed by atoms with E-state index in [0.29, 0.717) is 0 Å². The minimum atomic E-state index is 0.273. The lowest BCUT2D eigenvalue weighted by atomic mass is 10.00. The van der Waals surface area contributed by atoms with Crippen molar-refractivity contribution in [2.24, 2.45) is 0 Å². The van der Waals surface area contributed by atoms with Gasteiger partial charge >= 0.3 is 0 Å². The molecule has 1 fully saturated rings. The molecule has 0 bridgehead atoms. The molecule has 86 valence electrons. The van der Waals surface area contributed by atoms with Crippen molar-refractivity contribution in [2.45, 2.75) is 18.4 Å². The summed E-state index contributed by atoms with van der Waals surface area (Å²) >= 11 is 0. The fourth-order valence-electron chi connectivity index (χ4n) is 2.42. The molecule has 0 aliphatic heterocycles. The fraction of sp³-hybridized carbons (Fsp3) is 0.250. The van der Waals surface area contributed by atoms with E-state index in [1.807, 2.05) is 0 Å². The molecule has 0 radical (unpaired) electrons. The predicted octanol–water partition coefficient (Wildman–Crippen LogP) is 3.56. The van der Waals surface area contributed by atoms with E-state index in [2.05, 4.69) is 67.0 Å². The summed E-state index contributed by atoms with van der Waals surface area (Å²) in [5.74, 6) is 0. The molecule has 1 saturated carbocycles. The van der Waals surface area contributed by atoms with Gasteiger partial charge in [0.1, 0.15) is 0 Å². The smallest absolute Gasteiger partial charge is 0.0433 e. The number of rotatable bonds is 3. The van der Waals surface area contributed by atoms with Gasteiger partial charge in [0.15, 0.2) is 0 Å². The number of hydrogen-bond donors (Lipinski definition) is 1. The second-order valence-electron chi connectivity index (χ2n) is 4.78. The van der Waals surface area contributed by atoms with Crippen LogP contribution in [0.2, 0.25) is 0 Å². The predicted molar refractivity (Wildman–Crippen MR) is 71.8 cm³/mol. The van der Waals surface area contributed by atoms with Gasteiger partial charge in [0.25, 0.3) is 0 Å². The van der Waals surface area contributed by atoms with Crippen molar-refractivity contribution in [2.75, 3.05) is 7.05 Å². The van der Waals surface area contributed by atoms with Crippen molar-refractivity contribution in [1.82, 2.24) is 5.32 Å². The summed E-state index contributed by atoms with van der Waals surface area (Å²) in [5, 5.41) is 3.43. The Morgan fingerprint density at radius 2 is 1.41 bits per heavy atom. The van der Waals surface area contributed by atoms with Gasteiger partial charge in [0, 0.05) is 5.54 Å². The van der Waals surface area contributed by atoms with Crippen LogP contribution < -0.4 is 5.32 Å². The number of benzene rings is 2. The SMILES string of the molecule is CNC1(c2ccc(-c3ccccc3)cc2)CC1. The minimum Gasteiger partial charge on any atom is -0.310 e. The van der Waals surface area contributed by atoms with Gasteiger partial charge in [-0.1, -0.05) is 54.6 Å². The van der Waals surface area contributed by atoms with Crippen LogP contribution in [0.3, 0.4) is 0 Å². The Morgan fingerprint density at radius 3 is 1.94 bits per heavy atom. The zero-order valence-corrected chi connectivity index (χ0v) is 10.1. The molecular weight excluding hydrogens is 206 g/mol. The summed E-state index contributed by atoms with van der Waals surface area (Å²) < 4.78 is 0. The van der Waals surface area contributed by atoms with Gasteiger partial charge in [-0.05, 0) is 36.6 Å². The molecule has 0 amide bonds. The van der Waals surface area contributed by atoms with Crippen molar-refractivity contribution in [1.29, 1.82) is 0 Å². The first-order valence-electron chi connectivity index (χ1n) is 6.19. The largest absolute Gasteiger partial charge is 0.310 e. The molecule has 1 heteroatoms. The Bertz CT molecular complexity index is 495. The van der Waals surface area contributed by atoms with Crippen molar-refractivity contribution >= 4 is 0 Å². The van der Waals surface area contributed by atoms with E-state index in [0.717, 1.165) is 0 Å².